The van der Waals surface area contributed by atoms with Gasteiger partial charge in [-0.25, -0.2) is 0 Å². The molecule has 0 saturated heterocycles. The SMILES string of the molecule is [2H]c1c([2H])c([2H])c(-c2c3c([2H])c([2H])c([2H])c([2H])c3c(-c3c(-c4ccccc4)cc(-c4ccc5c(c4)c4ccccc4n5-c4ccccc4)cc3-c3ccccc3)c3c([2H])c([2H])c([2H])c([2H])c23)c([2H])c1[2H]. The Morgan fingerprint density at radius 3 is 1.39 bits per heavy atom. The van der Waals surface area contributed by atoms with Crippen molar-refractivity contribution < 1.29 is 17.8 Å². The highest BCUT2D eigenvalue weighted by molar-refractivity contribution is 6.24. The molecule has 0 spiro atoms. The molecule has 0 aliphatic rings. The molecule has 0 aliphatic heterocycles. The van der Waals surface area contributed by atoms with Crippen molar-refractivity contribution in [1.82, 2.24) is 4.57 Å². The Balaban J connectivity index is 1.36. The Morgan fingerprint density at radius 1 is 0.298 bits per heavy atom. The third kappa shape index (κ3) is 5.47. The zero-order valence-electron chi connectivity index (χ0n) is 43.3. The maximum Gasteiger partial charge on any atom is 0.0629 e. The van der Waals surface area contributed by atoms with E-state index in [1.165, 1.54) is 0 Å². The fourth-order valence-corrected chi connectivity index (χ4v) is 8.28. The zero-order valence-corrected chi connectivity index (χ0v) is 30.3. The van der Waals surface area contributed by atoms with E-state index >= 15 is 0 Å². The van der Waals surface area contributed by atoms with Crippen LogP contribution < -0.4 is 0 Å². The second kappa shape index (κ2) is 13.7. The Hall–Kier alpha value is -7.48. The van der Waals surface area contributed by atoms with Crippen LogP contribution in [0.2, 0.25) is 0 Å². The Kier molecular flexibility index (Phi) is 5.32. The smallest absolute Gasteiger partial charge is 0.0629 e. The van der Waals surface area contributed by atoms with Crippen LogP contribution in [0.3, 0.4) is 0 Å². The summed E-state index contributed by atoms with van der Waals surface area (Å²) in [5, 5.41) is 1.23. The molecule has 11 aromatic rings. The zero-order chi connectivity index (χ0) is 49.0. The molecule has 1 heterocycles. The average molecular weight is 737 g/mol. The van der Waals surface area contributed by atoms with E-state index in [4.69, 9.17) is 12.3 Å². The summed E-state index contributed by atoms with van der Waals surface area (Å²) < 4.78 is 121. The van der Waals surface area contributed by atoms with E-state index in [1.807, 2.05) is 103 Å². The molecule has 11 rings (SSSR count). The summed E-state index contributed by atoms with van der Waals surface area (Å²) in [5.74, 6) is 0. The van der Waals surface area contributed by atoms with Crippen molar-refractivity contribution in [3.8, 4) is 61.3 Å². The number of fused-ring (bicyclic) bond motifs is 5. The summed E-state index contributed by atoms with van der Waals surface area (Å²) in [6.07, 6.45) is 0. The van der Waals surface area contributed by atoms with Gasteiger partial charge in [0.15, 0.2) is 0 Å². The molecule has 0 aliphatic carbocycles. The molecule has 0 N–H and O–H groups in total. The quantitative estimate of drug-likeness (QED) is 0.150. The highest BCUT2D eigenvalue weighted by Gasteiger charge is 2.23. The van der Waals surface area contributed by atoms with Gasteiger partial charge in [-0.05, 0) is 120 Å². The van der Waals surface area contributed by atoms with Gasteiger partial charge in [-0.15, -0.1) is 0 Å². The molecule has 0 atom stereocenters. The van der Waals surface area contributed by atoms with Crippen LogP contribution in [0.5, 0.6) is 0 Å². The summed E-state index contributed by atoms with van der Waals surface area (Å²) in [6, 6.07) is 39.0. The second-order valence-corrected chi connectivity index (χ2v) is 13.8. The van der Waals surface area contributed by atoms with Crippen LogP contribution in [0.4, 0.5) is 0 Å². The molecule has 0 bridgehead atoms. The molecule has 0 saturated carbocycles. The van der Waals surface area contributed by atoms with E-state index < -0.39 is 84.1 Å². The first-order valence-electron chi connectivity index (χ1n) is 25.1. The number of hydrogen-bond donors (Lipinski definition) is 0. The first-order valence-corrected chi connectivity index (χ1v) is 18.6. The largest absolute Gasteiger partial charge is 0.309 e. The minimum atomic E-state index is -0.723. The first kappa shape index (κ1) is 22.2. The monoisotopic (exact) mass is 736 g/mol. The van der Waals surface area contributed by atoms with Crippen molar-refractivity contribution in [2.75, 3.05) is 0 Å². The predicted molar refractivity (Wildman–Crippen MR) is 243 cm³/mol. The molecule has 10 aromatic carbocycles. The molecule has 1 nitrogen and oxygen atoms in total. The van der Waals surface area contributed by atoms with Crippen LogP contribution in [0, 0.1) is 0 Å². The van der Waals surface area contributed by atoms with Gasteiger partial charge in [0, 0.05) is 16.5 Å². The van der Waals surface area contributed by atoms with E-state index in [-0.39, 0.29) is 32.7 Å². The van der Waals surface area contributed by atoms with E-state index in [0.717, 1.165) is 38.6 Å². The Labute approximate surface area is 350 Å². The third-order valence-corrected chi connectivity index (χ3v) is 10.7. The molecular formula is C56H37N. The Bertz CT molecular complexity index is 3850. The minimum Gasteiger partial charge on any atom is -0.309 e. The average Bonchev–Trinajstić information content (AvgIpc) is 3.73. The highest BCUT2D eigenvalue weighted by Crippen LogP contribution is 2.50. The number of para-hydroxylation sites is 2. The molecule has 0 fully saturated rings. The van der Waals surface area contributed by atoms with Gasteiger partial charge in [0.1, 0.15) is 0 Å². The molecule has 0 unspecified atom stereocenters. The topological polar surface area (TPSA) is 4.93 Å². The van der Waals surface area contributed by atoms with E-state index in [2.05, 4.69) is 47.0 Å². The third-order valence-electron chi connectivity index (χ3n) is 10.7. The van der Waals surface area contributed by atoms with E-state index in [1.54, 1.807) is 0 Å². The lowest BCUT2D eigenvalue weighted by Gasteiger charge is -2.23. The van der Waals surface area contributed by atoms with Crippen LogP contribution in [0.25, 0.3) is 105 Å². The number of rotatable bonds is 6. The van der Waals surface area contributed by atoms with Gasteiger partial charge in [-0.1, -0.05) is 182 Å². The Morgan fingerprint density at radius 2 is 0.789 bits per heavy atom. The molecule has 0 amide bonds. The van der Waals surface area contributed by atoms with Crippen molar-refractivity contribution >= 4 is 43.4 Å². The van der Waals surface area contributed by atoms with Crippen LogP contribution in [-0.2, 0) is 0 Å². The van der Waals surface area contributed by atoms with Gasteiger partial charge >= 0.3 is 0 Å². The van der Waals surface area contributed by atoms with Gasteiger partial charge in [-0.3, -0.25) is 0 Å². The lowest BCUT2D eigenvalue weighted by molar-refractivity contribution is 1.18. The normalized spacial score (nSPS) is 14.7. The highest BCUT2D eigenvalue weighted by atomic mass is 15.0. The van der Waals surface area contributed by atoms with Gasteiger partial charge in [0.05, 0.1) is 28.9 Å². The summed E-state index contributed by atoms with van der Waals surface area (Å²) in [7, 11) is 0. The molecule has 1 heteroatoms. The van der Waals surface area contributed by atoms with E-state index in [9.17, 15) is 5.48 Å². The van der Waals surface area contributed by atoms with E-state index in [0.29, 0.717) is 27.8 Å². The van der Waals surface area contributed by atoms with Gasteiger partial charge in [0.25, 0.3) is 0 Å². The first-order chi connectivity index (χ1) is 33.7. The number of benzene rings is 10. The maximum absolute atomic E-state index is 9.75. The van der Waals surface area contributed by atoms with Crippen molar-refractivity contribution in [3.05, 3.63) is 224 Å². The van der Waals surface area contributed by atoms with Gasteiger partial charge in [-0.2, -0.15) is 0 Å². The fraction of sp³-hybridized carbons (Fsp3) is 0. The fourth-order valence-electron chi connectivity index (χ4n) is 8.28. The summed E-state index contributed by atoms with van der Waals surface area (Å²) >= 11 is 0. The number of hydrogen-bond acceptors (Lipinski definition) is 0. The van der Waals surface area contributed by atoms with Crippen LogP contribution in [0.15, 0.2) is 224 Å². The van der Waals surface area contributed by atoms with Crippen LogP contribution >= 0.6 is 0 Å². The van der Waals surface area contributed by atoms with Gasteiger partial charge < -0.3 is 4.57 Å². The van der Waals surface area contributed by atoms with Crippen LogP contribution in [0.1, 0.15) is 17.8 Å². The summed E-state index contributed by atoms with van der Waals surface area (Å²) in [4.78, 5) is 0. The van der Waals surface area contributed by atoms with Crippen molar-refractivity contribution in [3.63, 3.8) is 0 Å². The number of nitrogens with zero attached hydrogens (tertiary/aromatic N) is 1. The van der Waals surface area contributed by atoms with Crippen molar-refractivity contribution in [1.29, 1.82) is 0 Å². The van der Waals surface area contributed by atoms with Crippen molar-refractivity contribution in [2.45, 2.75) is 0 Å². The maximum atomic E-state index is 9.75. The molecular weight excluding hydrogens is 687 g/mol. The molecule has 266 valence electrons. The van der Waals surface area contributed by atoms with Crippen LogP contribution in [-0.4, -0.2) is 4.57 Å². The summed E-state index contributed by atoms with van der Waals surface area (Å²) in [5.41, 5.74) is 6.87. The molecule has 57 heavy (non-hydrogen) atoms. The minimum absolute atomic E-state index is 0.0609. The van der Waals surface area contributed by atoms with Gasteiger partial charge in [0.2, 0.25) is 0 Å². The molecule has 1 aromatic heterocycles. The predicted octanol–water partition coefficient (Wildman–Crippen LogP) is 15.4. The summed E-state index contributed by atoms with van der Waals surface area (Å²) in [6.45, 7) is 0. The second-order valence-electron chi connectivity index (χ2n) is 13.8. The molecule has 0 radical (unpaired) electrons. The lowest BCUT2D eigenvalue weighted by Crippen LogP contribution is -1.96. The number of aromatic nitrogens is 1. The standard InChI is InChI=1S/C56H37N/c1-5-19-38(20-6-1)49-36-42(41-33-34-53-51(35-41)44-27-17-18-32-52(44)57(53)43-25-11-4-12-26-43)37-50(39-21-7-2-8-22-39)56(49)55-47-30-15-13-28-45(47)54(40-23-9-3-10-24-40)46-29-14-16-31-48(46)55/h1-37H/i3D,9D,10D,13D,14D,15D,16D,23D,24D,28D,29D,30D,31D. The lowest BCUT2D eigenvalue weighted by atomic mass is 9.79. The van der Waals surface area contributed by atoms with Crippen molar-refractivity contribution in [2.24, 2.45) is 0 Å².